The molecule has 1 N–H and O–H groups in total. The molecule has 1 aromatic rings. The first-order chi connectivity index (χ1) is 8.37. The molecular formula is C15H26N2O. The minimum atomic E-state index is 0.107. The molecule has 102 valence electrons. The van der Waals surface area contributed by atoms with Crippen LogP contribution in [0.2, 0.25) is 0 Å². The highest BCUT2D eigenvalue weighted by atomic mass is 16.5. The average molecular weight is 250 g/mol. The molecule has 0 unspecified atom stereocenters. The maximum atomic E-state index is 5.65. The van der Waals surface area contributed by atoms with Crippen molar-refractivity contribution in [2.24, 2.45) is 5.92 Å². The van der Waals surface area contributed by atoms with E-state index < -0.39 is 0 Å². The van der Waals surface area contributed by atoms with Crippen LogP contribution in [0, 0.1) is 5.92 Å². The summed E-state index contributed by atoms with van der Waals surface area (Å²) in [6.45, 7) is 12.3. The van der Waals surface area contributed by atoms with E-state index in [9.17, 15) is 0 Å². The van der Waals surface area contributed by atoms with Crippen LogP contribution >= 0.6 is 0 Å². The Hall–Kier alpha value is -1.09. The van der Waals surface area contributed by atoms with E-state index in [1.165, 1.54) is 0 Å². The SMILES string of the molecule is CC(C)CCOc1cccc(CNC(C)(C)C)n1. The summed E-state index contributed by atoms with van der Waals surface area (Å²) in [6.07, 6.45) is 1.06. The van der Waals surface area contributed by atoms with Gasteiger partial charge < -0.3 is 10.1 Å². The van der Waals surface area contributed by atoms with Gasteiger partial charge in [-0.1, -0.05) is 19.9 Å². The topological polar surface area (TPSA) is 34.1 Å². The lowest BCUT2D eigenvalue weighted by atomic mass is 10.1. The maximum Gasteiger partial charge on any atom is 0.213 e. The zero-order valence-electron chi connectivity index (χ0n) is 12.3. The third kappa shape index (κ3) is 6.60. The smallest absolute Gasteiger partial charge is 0.213 e. The predicted octanol–water partition coefficient (Wildman–Crippen LogP) is 3.39. The zero-order valence-corrected chi connectivity index (χ0v) is 12.3. The minimum absolute atomic E-state index is 0.107. The third-order valence-corrected chi connectivity index (χ3v) is 2.53. The lowest BCUT2D eigenvalue weighted by Crippen LogP contribution is -2.35. The Balaban J connectivity index is 2.46. The monoisotopic (exact) mass is 250 g/mol. The van der Waals surface area contributed by atoms with Gasteiger partial charge in [0.25, 0.3) is 0 Å². The van der Waals surface area contributed by atoms with E-state index in [2.05, 4.69) is 44.9 Å². The Morgan fingerprint density at radius 1 is 1.28 bits per heavy atom. The highest BCUT2D eigenvalue weighted by molar-refractivity contribution is 5.15. The molecule has 1 aromatic heterocycles. The maximum absolute atomic E-state index is 5.65. The van der Waals surface area contributed by atoms with Crippen molar-refractivity contribution in [1.82, 2.24) is 10.3 Å². The summed E-state index contributed by atoms with van der Waals surface area (Å²) >= 11 is 0. The zero-order chi connectivity index (χ0) is 13.6. The fourth-order valence-corrected chi connectivity index (χ4v) is 1.39. The number of hydrogen-bond donors (Lipinski definition) is 1. The van der Waals surface area contributed by atoms with Gasteiger partial charge in [-0.15, -0.1) is 0 Å². The normalized spacial score (nSPS) is 11.9. The standard InChI is InChI=1S/C15H26N2O/c1-12(2)9-10-18-14-8-6-7-13(17-14)11-16-15(3,4)5/h6-8,12,16H,9-11H2,1-5H3. The van der Waals surface area contributed by atoms with Crippen LogP contribution in [0.5, 0.6) is 5.88 Å². The van der Waals surface area contributed by atoms with Gasteiger partial charge in [0.05, 0.1) is 12.3 Å². The van der Waals surface area contributed by atoms with E-state index in [1.807, 2.05) is 18.2 Å². The predicted molar refractivity (Wildman–Crippen MR) is 75.8 cm³/mol. The molecule has 0 bridgehead atoms. The van der Waals surface area contributed by atoms with Crippen LogP contribution in [0.1, 0.15) is 46.7 Å². The van der Waals surface area contributed by atoms with E-state index in [1.54, 1.807) is 0 Å². The molecule has 0 saturated heterocycles. The second-order valence-electron chi connectivity index (χ2n) is 6.10. The van der Waals surface area contributed by atoms with Gasteiger partial charge in [0, 0.05) is 18.2 Å². The third-order valence-electron chi connectivity index (χ3n) is 2.53. The van der Waals surface area contributed by atoms with Gasteiger partial charge >= 0.3 is 0 Å². The Morgan fingerprint density at radius 3 is 2.61 bits per heavy atom. The largest absolute Gasteiger partial charge is 0.478 e. The number of rotatable bonds is 6. The Kier molecular flexibility index (Phi) is 5.60. The summed E-state index contributed by atoms with van der Waals surface area (Å²) in [5.74, 6) is 1.39. The minimum Gasteiger partial charge on any atom is -0.478 e. The Morgan fingerprint density at radius 2 is 2.00 bits per heavy atom. The molecule has 18 heavy (non-hydrogen) atoms. The van der Waals surface area contributed by atoms with E-state index >= 15 is 0 Å². The molecule has 0 amide bonds. The van der Waals surface area contributed by atoms with Crippen molar-refractivity contribution in [3.63, 3.8) is 0 Å². The molecule has 0 spiro atoms. The molecule has 0 saturated carbocycles. The van der Waals surface area contributed by atoms with Gasteiger partial charge in [-0.2, -0.15) is 0 Å². The Labute approximate surface area is 111 Å². The number of hydrogen-bond acceptors (Lipinski definition) is 3. The average Bonchev–Trinajstić information content (AvgIpc) is 2.26. The van der Waals surface area contributed by atoms with Crippen molar-refractivity contribution < 1.29 is 4.74 Å². The quantitative estimate of drug-likeness (QED) is 0.840. The van der Waals surface area contributed by atoms with Crippen molar-refractivity contribution in [3.8, 4) is 5.88 Å². The molecule has 0 radical (unpaired) electrons. The molecule has 0 fully saturated rings. The first kappa shape index (κ1) is 15.0. The summed E-state index contributed by atoms with van der Waals surface area (Å²) in [5.41, 5.74) is 1.13. The number of nitrogens with zero attached hydrogens (tertiary/aromatic N) is 1. The fourth-order valence-electron chi connectivity index (χ4n) is 1.39. The summed E-state index contributed by atoms with van der Waals surface area (Å²) in [7, 11) is 0. The van der Waals surface area contributed by atoms with Gasteiger partial charge in [0.2, 0.25) is 5.88 Å². The summed E-state index contributed by atoms with van der Waals surface area (Å²) < 4.78 is 5.65. The highest BCUT2D eigenvalue weighted by Gasteiger charge is 2.09. The van der Waals surface area contributed by atoms with Gasteiger partial charge in [0.15, 0.2) is 0 Å². The molecule has 0 aliphatic carbocycles. The first-order valence-electron chi connectivity index (χ1n) is 6.70. The summed E-state index contributed by atoms with van der Waals surface area (Å²) in [5, 5.41) is 3.42. The summed E-state index contributed by atoms with van der Waals surface area (Å²) in [4.78, 5) is 4.49. The summed E-state index contributed by atoms with van der Waals surface area (Å²) in [6, 6.07) is 5.94. The van der Waals surface area contributed by atoms with E-state index in [-0.39, 0.29) is 5.54 Å². The van der Waals surface area contributed by atoms with Gasteiger partial charge in [-0.05, 0) is 39.2 Å². The number of pyridine rings is 1. The van der Waals surface area contributed by atoms with Crippen LogP contribution in [0.3, 0.4) is 0 Å². The fraction of sp³-hybridized carbons (Fsp3) is 0.667. The van der Waals surface area contributed by atoms with Crippen LogP contribution < -0.4 is 10.1 Å². The van der Waals surface area contributed by atoms with Gasteiger partial charge in [-0.3, -0.25) is 0 Å². The Bertz CT molecular complexity index is 356. The van der Waals surface area contributed by atoms with Crippen LogP contribution in [0.4, 0.5) is 0 Å². The van der Waals surface area contributed by atoms with Crippen LogP contribution in [-0.4, -0.2) is 17.1 Å². The first-order valence-corrected chi connectivity index (χ1v) is 6.70. The number of nitrogens with one attached hydrogen (secondary N) is 1. The van der Waals surface area contributed by atoms with E-state index in [0.29, 0.717) is 5.92 Å². The van der Waals surface area contributed by atoms with Crippen LogP contribution in [0.15, 0.2) is 18.2 Å². The van der Waals surface area contributed by atoms with Crippen molar-refractivity contribution in [2.45, 2.75) is 53.1 Å². The van der Waals surface area contributed by atoms with Crippen molar-refractivity contribution in [1.29, 1.82) is 0 Å². The number of ether oxygens (including phenoxy) is 1. The molecule has 3 heteroatoms. The van der Waals surface area contributed by atoms with Gasteiger partial charge in [-0.25, -0.2) is 4.98 Å². The van der Waals surface area contributed by atoms with E-state index in [0.717, 1.165) is 31.1 Å². The van der Waals surface area contributed by atoms with Crippen LogP contribution in [-0.2, 0) is 6.54 Å². The molecule has 0 aliphatic heterocycles. The second kappa shape index (κ2) is 6.74. The lowest BCUT2D eigenvalue weighted by molar-refractivity contribution is 0.278. The molecule has 0 aliphatic rings. The molecule has 3 nitrogen and oxygen atoms in total. The molecule has 1 heterocycles. The molecule has 0 atom stereocenters. The number of aromatic nitrogens is 1. The molecular weight excluding hydrogens is 224 g/mol. The van der Waals surface area contributed by atoms with Crippen molar-refractivity contribution in [2.75, 3.05) is 6.61 Å². The van der Waals surface area contributed by atoms with Gasteiger partial charge in [0.1, 0.15) is 0 Å². The van der Waals surface area contributed by atoms with E-state index in [4.69, 9.17) is 4.74 Å². The van der Waals surface area contributed by atoms with Crippen molar-refractivity contribution in [3.05, 3.63) is 23.9 Å². The molecule has 0 aromatic carbocycles. The lowest BCUT2D eigenvalue weighted by Gasteiger charge is -2.20. The van der Waals surface area contributed by atoms with Crippen molar-refractivity contribution >= 4 is 0 Å². The second-order valence-corrected chi connectivity index (χ2v) is 6.10. The molecule has 1 rings (SSSR count). The highest BCUT2D eigenvalue weighted by Crippen LogP contribution is 2.10. The van der Waals surface area contributed by atoms with Crippen LogP contribution in [0.25, 0.3) is 0 Å².